The molecule has 0 atom stereocenters. The molecule has 0 aromatic heterocycles. The Morgan fingerprint density at radius 1 is 1.00 bits per heavy atom. The second-order valence-electron chi connectivity index (χ2n) is 7.93. The molecule has 0 unspecified atom stereocenters. The largest absolute Gasteiger partial charge is 0.355 e. The molecule has 1 aliphatic carbocycles. The molecule has 4 rings (SSSR count). The third kappa shape index (κ3) is 4.84. The van der Waals surface area contributed by atoms with Crippen molar-refractivity contribution in [1.29, 1.82) is 0 Å². The molecule has 2 aromatic rings. The number of para-hydroxylation sites is 1. The summed E-state index contributed by atoms with van der Waals surface area (Å²) >= 11 is 1.45. The van der Waals surface area contributed by atoms with E-state index >= 15 is 0 Å². The monoisotopic (exact) mass is 408 g/mol. The lowest BCUT2D eigenvalue weighted by Crippen LogP contribution is -2.31. The van der Waals surface area contributed by atoms with E-state index in [0.717, 1.165) is 23.5 Å². The Morgan fingerprint density at radius 2 is 1.76 bits per heavy atom. The molecule has 0 saturated heterocycles. The molecule has 2 amide bonds. The molecule has 2 aromatic carbocycles. The SMILES string of the molecule is O=C(CSc1ccccc1C(=O)N1CCc2ccccc21)NCC1CCCCC1. The first-order chi connectivity index (χ1) is 14.2. The first kappa shape index (κ1) is 20.0. The second kappa shape index (κ2) is 9.49. The summed E-state index contributed by atoms with van der Waals surface area (Å²) in [5.41, 5.74) is 2.89. The van der Waals surface area contributed by atoms with Crippen LogP contribution in [-0.2, 0) is 11.2 Å². The van der Waals surface area contributed by atoms with Gasteiger partial charge in [-0.15, -0.1) is 11.8 Å². The number of amides is 2. The van der Waals surface area contributed by atoms with Gasteiger partial charge in [0.15, 0.2) is 0 Å². The van der Waals surface area contributed by atoms with E-state index < -0.39 is 0 Å². The third-order valence-electron chi connectivity index (χ3n) is 5.92. The van der Waals surface area contributed by atoms with Crippen molar-refractivity contribution in [3.8, 4) is 0 Å². The molecule has 2 aliphatic rings. The lowest BCUT2D eigenvalue weighted by molar-refractivity contribution is -0.118. The van der Waals surface area contributed by atoms with Crippen LogP contribution in [0.1, 0.15) is 48.0 Å². The van der Waals surface area contributed by atoms with Crippen LogP contribution in [0, 0.1) is 5.92 Å². The molecule has 29 heavy (non-hydrogen) atoms. The van der Waals surface area contributed by atoms with E-state index in [2.05, 4.69) is 11.4 Å². The summed E-state index contributed by atoms with van der Waals surface area (Å²) in [6, 6.07) is 15.7. The fraction of sp³-hybridized carbons (Fsp3) is 0.417. The van der Waals surface area contributed by atoms with Gasteiger partial charge in [0.05, 0.1) is 11.3 Å². The van der Waals surface area contributed by atoms with Gasteiger partial charge in [-0.1, -0.05) is 49.6 Å². The zero-order chi connectivity index (χ0) is 20.1. The van der Waals surface area contributed by atoms with Crippen LogP contribution in [-0.4, -0.2) is 30.7 Å². The number of hydrogen-bond acceptors (Lipinski definition) is 3. The number of nitrogens with zero attached hydrogens (tertiary/aromatic N) is 1. The highest BCUT2D eigenvalue weighted by molar-refractivity contribution is 8.00. The summed E-state index contributed by atoms with van der Waals surface area (Å²) in [6.07, 6.45) is 7.23. The van der Waals surface area contributed by atoms with Crippen molar-refractivity contribution in [2.24, 2.45) is 5.92 Å². The molecular weight excluding hydrogens is 380 g/mol. The number of carbonyl (C=O) groups excluding carboxylic acids is 2. The zero-order valence-corrected chi connectivity index (χ0v) is 17.5. The van der Waals surface area contributed by atoms with Crippen LogP contribution >= 0.6 is 11.8 Å². The number of nitrogens with one attached hydrogen (secondary N) is 1. The van der Waals surface area contributed by atoms with Crippen LogP contribution in [0.4, 0.5) is 5.69 Å². The Hall–Kier alpha value is -2.27. The predicted molar refractivity (Wildman–Crippen MR) is 119 cm³/mol. The molecule has 5 heteroatoms. The Labute approximate surface area is 177 Å². The molecule has 152 valence electrons. The van der Waals surface area contributed by atoms with Crippen molar-refractivity contribution in [3.63, 3.8) is 0 Å². The van der Waals surface area contributed by atoms with Crippen molar-refractivity contribution in [2.45, 2.75) is 43.4 Å². The Morgan fingerprint density at radius 3 is 2.62 bits per heavy atom. The van der Waals surface area contributed by atoms with Crippen molar-refractivity contribution < 1.29 is 9.59 Å². The topological polar surface area (TPSA) is 49.4 Å². The van der Waals surface area contributed by atoms with Gasteiger partial charge in [0.1, 0.15) is 0 Å². The van der Waals surface area contributed by atoms with E-state index in [-0.39, 0.29) is 11.8 Å². The Kier molecular flexibility index (Phi) is 6.55. The predicted octanol–water partition coefficient (Wildman–Crippen LogP) is 4.68. The molecular formula is C24H28N2O2S. The summed E-state index contributed by atoms with van der Waals surface area (Å²) in [5.74, 6) is 1.03. The lowest BCUT2D eigenvalue weighted by Gasteiger charge is -2.21. The van der Waals surface area contributed by atoms with Gasteiger partial charge in [-0.25, -0.2) is 0 Å². The first-order valence-electron chi connectivity index (χ1n) is 10.6. The van der Waals surface area contributed by atoms with Gasteiger partial charge in [-0.3, -0.25) is 9.59 Å². The van der Waals surface area contributed by atoms with Crippen LogP contribution in [0.15, 0.2) is 53.4 Å². The molecule has 1 fully saturated rings. The number of carbonyl (C=O) groups is 2. The smallest absolute Gasteiger partial charge is 0.259 e. The van der Waals surface area contributed by atoms with E-state index in [1.807, 2.05) is 47.4 Å². The standard InChI is InChI=1S/C24H28N2O2S/c27-23(25-16-18-8-2-1-3-9-18)17-29-22-13-7-5-11-20(22)24(28)26-15-14-19-10-4-6-12-21(19)26/h4-7,10-13,18H,1-3,8-9,14-17H2,(H,25,27). The Balaban J connectivity index is 1.37. The molecule has 4 nitrogen and oxygen atoms in total. The van der Waals surface area contributed by atoms with Crippen molar-refractivity contribution in [1.82, 2.24) is 5.32 Å². The fourth-order valence-electron chi connectivity index (χ4n) is 4.31. The maximum Gasteiger partial charge on any atom is 0.259 e. The van der Waals surface area contributed by atoms with Crippen LogP contribution in [0.3, 0.4) is 0 Å². The number of anilines is 1. The maximum atomic E-state index is 13.2. The second-order valence-corrected chi connectivity index (χ2v) is 8.95. The Bertz CT molecular complexity index is 877. The summed E-state index contributed by atoms with van der Waals surface area (Å²) in [5, 5.41) is 3.08. The summed E-state index contributed by atoms with van der Waals surface area (Å²) in [4.78, 5) is 28.3. The molecule has 0 bridgehead atoms. The zero-order valence-electron chi connectivity index (χ0n) is 16.7. The number of hydrogen-bond donors (Lipinski definition) is 1. The van der Waals surface area contributed by atoms with E-state index in [1.165, 1.54) is 49.4 Å². The molecule has 1 saturated carbocycles. The number of thioether (sulfide) groups is 1. The maximum absolute atomic E-state index is 13.2. The highest BCUT2D eigenvalue weighted by atomic mass is 32.2. The van der Waals surface area contributed by atoms with Gasteiger partial charge in [-0.05, 0) is 48.9 Å². The highest BCUT2D eigenvalue weighted by Crippen LogP contribution is 2.31. The van der Waals surface area contributed by atoms with Crippen LogP contribution < -0.4 is 10.2 Å². The molecule has 1 aliphatic heterocycles. The summed E-state index contributed by atoms with van der Waals surface area (Å²) in [6.45, 7) is 1.49. The minimum absolute atomic E-state index is 0.0145. The normalized spacial score (nSPS) is 16.5. The van der Waals surface area contributed by atoms with Crippen LogP contribution in [0.2, 0.25) is 0 Å². The summed E-state index contributed by atoms with van der Waals surface area (Å²) in [7, 11) is 0. The lowest BCUT2D eigenvalue weighted by atomic mass is 9.89. The molecule has 0 spiro atoms. The molecule has 0 radical (unpaired) electrons. The van der Waals surface area contributed by atoms with Gasteiger partial charge < -0.3 is 10.2 Å². The highest BCUT2D eigenvalue weighted by Gasteiger charge is 2.26. The molecule has 1 N–H and O–H groups in total. The number of rotatable bonds is 6. The van der Waals surface area contributed by atoms with Crippen molar-refractivity contribution in [2.75, 3.05) is 23.7 Å². The van der Waals surface area contributed by atoms with E-state index in [0.29, 0.717) is 23.8 Å². The van der Waals surface area contributed by atoms with Crippen LogP contribution in [0.25, 0.3) is 0 Å². The van der Waals surface area contributed by atoms with Crippen molar-refractivity contribution >= 4 is 29.3 Å². The molecule has 1 heterocycles. The van der Waals surface area contributed by atoms with Gasteiger partial charge in [0, 0.05) is 23.7 Å². The average molecular weight is 409 g/mol. The van der Waals surface area contributed by atoms with E-state index in [1.54, 1.807) is 0 Å². The fourth-order valence-corrected chi connectivity index (χ4v) is 5.18. The van der Waals surface area contributed by atoms with Crippen LogP contribution in [0.5, 0.6) is 0 Å². The quantitative estimate of drug-likeness (QED) is 0.706. The minimum Gasteiger partial charge on any atom is -0.355 e. The van der Waals surface area contributed by atoms with Gasteiger partial charge in [0.25, 0.3) is 5.91 Å². The van der Waals surface area contributed by atoms with Gasteiger partial charge in [0.2, 0.25) is 5.91 Å². The summed E-state index contributed by atoms with van der Waals surface area (Å²) < 4.78 is 0. The van der Waals surface area contributed by atoms with Gasteiger partial charge >= 0.3 is 0 Å². The number of fused-ring (bicyclic) bond motifs is 1. The first-order valence-corrected chi connectivity index (χ1v) is 11.6. The third-order valence-corrected chi connectivity index (χ3v) is 6.99. The van der Waals surface area contributed by atoms with E-state index in [9.17, 15) is 9.59 Å². The van der Waals surface area contributed by atoms with Gasteiger partial charge in [-0.2, -0.15) is 0 Å². The minimum atomic E-state index is 0.0145. The number of benzene rings is 2. The average Bonchev–Trinajstić information content (AvgIpc) is 3.21. The van der Waals surface area contributed by atoms with E-state index in [4.69, 9.17) is 0 Å². The van der Waals surface area contributed by atoms with Crippen molar-refractivity contribution in [3.05, 3.63) is 59.7 Å².